The number of fused-ring (bicyclic) bond motifs is 1. The molecule has 0 unspecified atom stereocenters. The van der Waals surface area contributed by atoms with Crippen molar-refractivity contribution in [2.24, 2.45) is 0 Å². The minimum atomic E-state index is -1.21. The Morgan fingerprint density at radius 1 is 1.19 bits per heavy atom. The molecule has 3 aromatic rings. The maximum absolute atomic E-state index is 12.5. The van der Waals surface area contributed by atoms with E-state index < -0.39 is 11.5 Å². The second-order valence-electron chi connectivity index (χ2n) is 6.81. The van der Waals surface area contributed by atoms with Crippen LogP contribution in [0.3, 0.4) is 0 Å². The number of carboxylic acid groups (broad SMARTS) is 1. The Bertz CT molecular complexity index is 985. The lowest BCUT2D eigenvalue weighted by atomic mass is 10.1. The summed E-state index contributed by atoms with van der Waals surface area (Å²) in [5, 5.41) is 21.0. The zero-order valence-corrected chi connectivity index (χ0v) is 15.0. The topological polar surface area (TPSA) is 115 Å². The zero-order chi connectivity index (χ0) is 19.1. The summed E-state index contributed by atoms with van der Waals surface area (Å²) in [4.78, 5) is 28.1. The number of hydrogen-bond acceptors (Lipinski definition) is 5. The summed E-state index contributed by atoms with van der Waals surface area (Å²) in [5.41, 5.74) is 0.287. The summed E-state index contributed by atoms with van der Waals surface area (Å²) in [5.74, 6) is -1.38. The predicted octanol–water partition coefficient (Wildman–Crippen LogP) is 2.28. The second kappa shape index (κ2) is 6.25. The van der Waals surface area contributed by atoms with Gasteiger partial charge in [-0.3, -0.25) is 9.48 Å². The van der Waals surface area contributed by atoms with E-state index >= 15 is 0 Å². The Labute approximate surface area is 149 Å². The van der Waals surface area contributed by atoms with Gasteiger partial charge in [-0.05, 0) is 33.8 Å². The highest BCUT2D eigenvalue weighted by molar-refractivity contribution is 6.05. The highest BCUT2D eigenvalue weighted by Gasteiger charge is 2.30. The van der Waals surface area contributed by atoms with Gasteiger partial charge < -0.3 is 10.4 Å². The molecule has 0 fully saturated rings. The van der Waals surface area contributed by atoms with E-state index in [0.717, 1.165) is 5.39 Å². The van der Waals surface area contributed by atoms with E-state index in [1.54, 1.807) is 16.9 Å². The van der Waals surface area contributed by atoms with E-state index in [1.807, 2.05) is 13.8 Å². The van der Waals surface area contributed by atoms with Crippen molar-refractivity contribution in [3.8, 4) is 0 Å². The molecule has 0 radical (unpaired) electrons. The molecule has 0 aliphatic heterocycles. The summed E-state index contributed by atoms with van der Waals surface area (Å²) < 4.78 is 3.08. The molecule has 3 rings (SSSR count). The number of nitrogens with one attached hydrogen (secondary N) is 1. The Hall–Kier alpha value is -3.23. The number of anilines is 1. The van der Waals surface area contributed by atoms with Gasteiger partial charge in [-0.15, -0.1) is 0 Å². The fourth-order valence-corrected chi connectivity index (χ4v) is 2.44. The number of rotatable bonds is 5. The number of hydrogen-bond donors (Lipinski definition) is 2. The van der Waals surface area contributed by atoms with Gasteiger partial charge in [0.15, 0.2) is 11.2 Å². The largest absolute Gasteiger partial charge is 0.479 e. The van der Waals surface area contributed by atoms with E-state index in [9.17, 15) is 14.7 Å². The normalized spacial score (nSPS) is 11.9. The second-order valence-corrected chi connectivity index (χ2v) is 6.81. The molecule has 3 heterocycles. The molecule has 0 saturated carbocycles. The Morgan fingerprint density at radius 3 is 2.58 bits per heavy atom. The van der Waals surface area contributed by atoms with Gasteiger partial charge in [0.25, 0.3) is 5.91 Å². The Balaban J connectivity index is 1.81. The van der Waals surface area contributed by atoms with Crippen LogP contribution in [0, 0.1) is 0 Å². The van der Waals surface area contributed by atoms with Crippen LogP contribution in [-0.4, -0.2) is 41.5 Å². The Morgan fingerprint density at radius 2 is 1.92 bits per heavy atom. The standard InChI is InChI=1S/C17H20N6O3/c1-10(2)23-14-11(7-20-23)5-12(6-18-14)15(24)21-13-8-19-22(9-13)17(3,4)16(25)26/h5-10H,1-4H3,(H,21,24)(H,25,26). The molecule has 0 spiro atoms. The molecule has 9 heteroatoms. The van der Waals surface area contributed by atoms with Crippen LogP contribution in [0.5, 0.6) is 0 Å². The molecule has 26 heavy (non-hydrogen) atoms. The SMILES string of the molecule is CC(C)n1ncc2cc(C(=O)Nc3cnn(C(C)(C)C(=O)O)c3)cnc21. The van der Waals surface area contributed by atoms with Crippen LogP contribution >= 0.6 is 0 Å². The van der Waals surface area contributed by atoms with E-state index in [2.05, 4.69) is 20.5 Å². The van der Waals surface area contributed by atoms with Gasteiger partial charge in [0.05, 0.1) is 23.6 Å². The summed E-state index contributed by atoms with van der Waals surface area (Å²) in [6.07, 6.45) is 6.05. The van der Waals surface area contributed by atoms with Crippen molar-refractivity contribution >= 4 is 28.6 Å². The van der Waals surface area contributed by atoms with Crippen LogP contribution in [0.25, 0.3) is 11.0 Å². The molecule has 2 N–H and O–H groups in total. The number of carboxylic acids is 1. The van der Waals surface area contributed by atoms with Gasteiger partial charge in [0.1, 0.15) is 0 Å². The number of aromatic nitrogens is 5. The minimum Gasteiger partial charge on any atom is -0.479 e. The highest BCUT2D eigenvalue weighted by Crippen LogP contribution is 2.19. The van der Waals surface area contributed by atoms with Gasteiger partial charge in [0, 0.05) is 23.8 Å². The number of nitrogens with zero attached hydrogens (tertiary/aromatic N) is 5. The average molecular weight is 356 g/mol. The maximum atomic E-state index is 12.5. The molecule has 0 aliphatic carbocycles. The first-order valence-corrected chi connectivity index (χ1v) is 8.13. The molecular formula is C17H20N6O3. The van der Waals surface area contributed by atoms with Crippen molar-refractivity contribution in [3.63, 3.8) is 0 Å². The van der Waals surface area contributed by atoms with E-state index in [0.29, 0.717) is 16.9 Å². The minimum absolute atomic E-state index is 0.170. The highest BCUT2D eigenvalue weighted by atomic mass is 16.4. The summed E-state index contributed by atoms with van der Waals surface area (Å²) in [6.45, 7) is 7.06. The third kappa shape index (κ3) is 3.03. The maximum Gasteiger partial charge on any atom is 0.331 e. The van der Waals surface area contributed by atoms with Crippen LogP contribution in [-0.2, 0) is 10.3 Å². The summed E-state index contributed by atoms with van der Waals surface area (Å²) in [6, 6.07) is 1.89. The number of amides is 1. The summed E-state index contributed by atoms with van der Waals surface area (Å²) in [7, 11) is 0. The Kier molecular flexibility index (Phi) is 4.23. The lowest BCUT2D eigenvalue weighted by molar-refractivity contribution is -0.146. The van der Waals surface area contributed by atoms with Crippen molar-refractivity contribution in [2.45, 2.75) is 39.3 Å². The number of carbonyl (C=O) groups excluding carboxylic acids is 1. The molecule has 9 nitrogen and oxygen atoms in total. The van der Waals surface area contributed by atoms with Crippen LogP contribution in [0.4, 0.5) is 5.69 Å². The quantitative estimate of drug-likeness (QED) is 0.725. The predicted molar refractivity (Wildman–Crippen MR) is 95.1 cm³/mol. The number of aliphatic carboxylic acids is 1. The van der Waals surface area contributed by atoms with Crippen molar-refractivity contribution in [1.82, 2.24) is 24.5 Å². The zero-order valence-electron chi connectivity index (χ0n) is 15.0. The van der Waals surface area contributed by atoms with Crippen molar-refractivity contribution < 1.29 is 14.7 Å². The van der Waals surface area contributed by atoms with E-state index in [4.69, 9.17) is 0 Å². The van der Waals surface area contributed by atoms with E-state index in [1.165, 1.54) is 37.1 Å². The molecule has 0 aliphatic rings. The van der Waals surface area contributed by atoms with Gasteiger partial charge in [0.2, 0.25) is 0 Å². The fourth-order valence-electron chi connectivity index (χ4n) is 2.44. The molecule has 1 amide bonds. The lowest BCUT2D eigenvalue weighted by Gasteiger charge is -2.19. The average Bonchev–Trinajstić information content (AvgIpc) is 3.20. The molecule has 0 aromatic carbocycles. The fraction of sp³-hybridized carbons (Fsp3) is 0.353. The van der Waals surface area contributed by atoms with Crippen LogP contribution in [0.1, 0.15) is 44.1 Å². The summed E-state index contributed by atoms with van der Waals surface area (Å²) >= 11 is 0. The molecule has 0 atom stereocenters. The molecule has 0 saturated heterocycles. The molecule has 3 aromatic heterocycles. The van der Waals surface area contributed by atoms with Crippen LogP contribution in [0.2, 0.25) is 0 Å². The molecular weight excluding hydrogens is 336 g/mol. The first-order chi connectivity index (χ1) is 12.2. The van der Waals surface area contributed by atoms with Gasteiger partial charge in [-0.25, -0.2) is 14.5 Å². The van der Waals surface area contributed by atoms with Crippen molar-refractivity contribution in [2.75, 3.05) is 5.32 Å². The lowest BCUT2D eigenvalue weighted by Crippen LogP contribution is -2.35. The van der Waals surface area contributed by atoms with Gasteiger partial charge >= 0.3 is 5.97 Å². The number of carbonyl (C=O) groups is 2. The monoisotopic (exact) mass is 356 g/mol. The van der Waals surface area contributed by atoms with Crippen LogP contribution < -0.4 is 5.32 Å². The number of pyridine rings is 1. The third-order valence-electron chi connectivity index (χ3n) is 4.12. The molecule has 0 bridgehead atoms. The first kappa shape index (κ1) is 17.6. The van der Waals surface area contributed by atoms with Crippen LogP contribution in [0.15, 0.2) is 30.9 Å². The molecule has 136 valence electrons. The van der Waals surface area contributed by atoms with Crippen molar-refractivity contribution in [1.29, 1.82) is 0 Å². The third-order valence-corrected chi connectivity index (χ3v) is 4.12. The first-order valence-electron chi connectivity index (χ1n) is 8.13. The van der Waals surface area contributed by atoms with Crippen molar-refractivity contribution in [3.05, 3.63) is 36.4 Å². The smallest absolute Gasteiger partial charge is 0.331 e. The van der Waals surface area contributed by atoms with Gasteiger partial charge in [-0.1, -0.05) is 0 Å². The van der Waals surface area contributed by atoms with Gasteiger partial charge in [-0.2, -0.15) is 10.2 Å². The van der Waals surface area contributed by atoms with E-state index in [-0.39, 0.29) is 11.9 Å².